The van der Waals surface area contributed by atoms with Gasteiger partial charge in [-0.3, -0.25) is 19.0 Å². The Balaban J connectivity index is 1.62. The van der Waals surface area contributed by atoms with E-state index < -0.39 is 0 Å². The number of Topliss-reactive ketones (excluding diaryl/α,β-unsaturated/α-hetero) is 1. The van der Waals surface area contributed by atoms with E-state index in [1.807, 2.05) is 30.3 Å². The number of nitrogens with zero attached hydrogens (tertiary/aromatic N) is 2. The summed E-state index contributed by atoms with van der Waals surface area (Å²) in [6.45, 7) is 1.33. The lowest BCUT2D eigenvalue weighted by atomic mass is 10.1. The number of piperidine rings is 1. The third kappa shape index (κ3) is 4.18. The number of carbonyl (C=O) groups excluding carboxylic acids is 2. The molecule has 1 fully saturated rings. The molecule has 1 unspecified atom stereocenters. The number of benzene rings is 2. The maximum absolute atomic E-state index is 13.9. The fourth-order valence-electron chi connectivity index (χ4n) is 5.19. The molecule has 1 atom stereocenters. The highest BCUT2D eigenvalue weighted by Crippen LogP contribution is 2.34. The number of carbonyl (C=O) groups is 2. The van der Waals surface area contributed by atoms with Crippen LogP contribution >= 0.6 is 0 Å². The monoisotopic (exact) mass is 486 g/mol. The second-order valence-corrected chi connectivity index (χ2v) is 9.22. The summed E-state index contributed by atoms with van der Waals surface area (Å²) >= 11 is 0. The quantitative estimate of drug-likeness (QED) is 0.391. The molecular formula is C28H30N4O4. The van der Waals surface area contributed by atoms with Crippen molar-refractivity contribution in [2.75, 3.05) is 20.2 Å². The van der Waals surface area contributed by atoms with E-state index in [1.54, 1.807) is 35.9 Å². The molecule has 2 aromatic carbocycles. The van der Waals surface area contributed by atoms with Crippen LogP contribution in [0.25, 0.3) is 21.8 Å². The zero-order valence-electron chi connectivity index (χ0n) is 20.5. The maximum atomic E-state index is 13.9. The normalized spacial score (nSPS) is 15.8. The zero-order valence-corrected chi connectivity index (χ0v) is 20.5. The van der Waals surface area contributed by atoms with E-state index in [2.05, 4.69) is 10.6 Å². The van der Waals surface area contributed by atoms with Gasteiger partial charge in [0.25, 0.3) is 11.5 Å². The average molecular weight is 487 g/mol. The molecule has 1 aliphatic heterocycles. The van der Waals surface area contributed by atoms with E-state index in [-0.39, 0.29) is 41.3 Å². The van der Waals surface area contributed by atoms with Gasteiger partial charge in [-0.15, -0.1) is 0 Å². The van der Waals surface area contributed by atoms with Crippen LogP contribution in [0.15, 0.2) is 59.4 Å². The number of fused-ring (bicyclic) bond motifs is 3. The number of ketones is 1. The topological polar surface area (TPSA) is 94.4 Å². The Morgan fingerprint density at radius 3 is 2.56 bits per heavy atom. The van der Waals surface area contributed by atoms with Gasteiger partial charge in [-0.05, 0) is 25.5 Å². The van der Waals surface area contributed by atoms with Gasteiger partial charge in [0.1, 0.15) is 5.39 Å². The number of hydrogen-bond acceptors (Lipinski definition) is 5. The predicted molar refractivity (Wildman–Crippen MR) is 140 cm³/mol. The Labute approximate surface area is 208 Å². The molecule has 0 radical (unpaired) electrons. The van der Waals surface area contributed by atoms with Crippen molar-refractivity contribution >= 4 is 33.5 Å². The van der Waals surface area contributed by atoms with Crippen molar-refractivity contribution in [3.63, 3.8) is 0 Å². The summed E-state index contributed by atoms with van der Waals surface area (Å²) in [5.41, 5.74) is 1.69. The largest absolute Gasteiger partial charge is 0.493 e. The Kier molecular flexibility index (Phi) is 6.61. The van der Waals surface area contributed by atoms with Gasteiger partial charge in [-0.1, -0.05) is 55.0 Å². The van der Waals surface area contributed by atoms with E-state index in [0.717, 1.165) is 31.2 Å². The summed E-state index contributed by atoms with van der Waals surface area (Å²) in [7, 11) is 3.23. The molecular weight excluding hydrogens is 456 g/mol. The fourth-order valence-corrected chi connectivity index (χ4v) is 5.19. The summed E-state index contributed by atoms with van der Waals surface area (Å²) in [6, 6.07) is 16.6. The number of methoxy groups -OCH3 is 1. The second kappa shape index (κ2) is 9.99. The molecule has 4 aromatic rings. The highest BCUT2D eigenvalue weighted by molar-refractivity contribution is 6.12. The van der Waals surface area contributed by atoms with Crippen LogP contribution in [0.5, 0.6) is 5.75 Å². The Hall–Kier alpha value is -3.91. The van der Waals surface area contributed by atoms with Crippen molar-refractivity contribution in [1.29, 1.82) is 0 Å². The molecule has 0 aliphatic carbocycles. The van der Waals surface area contributed by atoms with E-state index in [0.29, 0.717) is 28.5 Å². The lowest BCUT2D eigenvalue weighted by Gasteiger charge is -2.23. The van der Waals surface area contributed by atoms with Gasteiger partial charge in [0, 0.05) is 30.6 Å². The molecule has 5 rings (SSSR count). The Bertz CT molecular complexity index is 1500. The van der Waals surface area contributed by atoms with E-state index >= 15 is 0 Å². The van der Waals surface area contributed by atoms with Crippen LogP contribution in [-0.4, -0.2) is 47.1 Å². The number of aromatic nitrogens is 2. The van der Waals surface area contributed by atoms with Crippen LogP contribution in [0.4, 0.5) is 0 Å². The molecule has 8 heteroatoms. The highest BCUT2D eigenvalue weighted by atomic mass is 16.5. The molecule has 186 valence electrons. The smallest absolute Gasteiger partial charge is 0.271 e. The van der Waals surface area contributed by atoms with Crippen LogP contribution in [-0.2, 0) is 13.6 Å². The number of ether oxygens (including phenoxy) is 1. The Morgan fingerprint density at radius 2 is 1.83 bits per heavy atom. The first-order valence-electron chi connectivity index (χ1n) is 12.3. The van der Waals surface area contributed by atoms with Gasteiger partial charge in [0.05, 0.1) is 24.7 Å². The summed E-state index contributed by atoms with van der Waals surface area (Å²) in [5, 5.41) is 7.50. The van der Waals surface area contributed by atoms with Crippen LogP contribution in [0.1, 0.15) is 40.1 Å². The van der Waals surface area contributed by atoms with Gasteiger partial charge < -0.3 is 19.9 Å². The van der Waals surface area contributed by atoms with Crippen molar-refractivity contribution in [1.82, 2.24) is 19.8 Å². The average Bonchev–Trinajstić information content (AvgIpc) is 3.23. The number of para-hydroxylation sites is 1. The minimum Gasteiger partial charge on any atom is -0.493 e. The van der Waals surface area contributed by atoms with Crippen LogP contribution < -0.4 is 20.9 Å². The van der Waals surface area contributed by atoms with Crippen molar-refractivity contribution in [3.05, 3.63) is 76.2 Å². The molecule has 2 N–H and O–H groups in total. The fraction of sp³-hybridized carbons (Fsp3) is 0.321. The van der Waals surface area contributed by atoms with Crippen molar-refractivity contribution < 1.29 is 14.3 Å². The lowest BCUT2D eigenvalue weighted by Crippen LogP contribution is -2.43. The molecule has 0 saturated carbocycles. The van der Waals surface area contributed by atoms with E-state index in [4.69, 9.17) is 4.74 Å². The molecule has 2 aromatic heterocycles. The molecule has 36 heavy (non-hydrogen) atoms. The third-order valence-corrected chi connectivity index (χ3v) is 7.00. The van der Waals surface area contributed by atoms with Crippen molar-refractivity contribution in [3.8, 4) is 5.75 Å². The number of aryl methyl sites for hydroxylation is 1. The highest BCUT2D eigenvalue weighted by Gasteiger charge is 2.28. The number of hydrogen-bond donors (Lipinski definition) is 2. The summed E-state index contributed by atoms with van der Waals surface area (Å²) in [6.07, 6.45) is 3.29. The van der Waals surface area contributed by atoms with Gasteiger partial charge in [0.15, 0.2) is 17.2 Å². The first kappa shape index (κ1) is 23.8. The molecule has 8 nitrogen and oxygen atoms in total. The van der Waals surface area contributed by atoms with Crippen molar-refractivity contribution in [2.45, 2.75) is 31.8 Å². The first-order valence-corrected chi connectivity index (χ1v) is 12.3. The number of pyridine rings is 1. The van der Waals surface area contributed by atoms with Gasteiger partial charge in [-0.25, -0.2) is 0 Å². The molecule has 3 heterocycles. The summed E-state index contributed by atoms with van der Waals surface area (Å²) in [4.78, 5) is 40.3. The van der Waals surface area contributed by atoms with E-state index in [1.165, 1.54) is 11.7 Å². The standard InChI is InChI=1S/C28H30N4O4/c1-31-24-20-13-6-7-14-21(20)32(17-22(33)18-10-4-3-5-11-18)28(35)23(24)26(36-2)25(31)27(34)30-16-19-12-8-9-15-29-19/h3-7,10-11,13-14,19,29H,8-9,12,15-17H2,1-2H3,(H,30,34). The molecule has 1 aliphatic rings. The second-order valence-electron chi connectivity index (χ2n) is 9.22. The zero-order chi connectivity index (χ0) is 25.2. The van der Waals surface area contributed by atoms with Crippen molar-refractivity contribution in [2.24, 2.45) is 7.05 Å². The molecule has 1 saturated heterocycles. The van der Waals surface area contributed by atoms with Gasteiger partial charge >= 0.3 is 0 Å². The first-order chi connectivity index (χ1) is 17.5. The Morgan fingerprint density at radius 1 is 1.08 bits per heavy atom. The maximum Gasteiger partial charge on any atom is 0.271 e. The van der Waals surface area contributed by atoms with E-state index in [9.17, 15) is 14.4 Å². The third-order valence-electron chi connectivity index (χ3n) is 7.00. The van der Waals surface area contributed by atoms with Crippen LogP contribution in [0.3, 0.4) is 0 Å². The molecule has 0 spiro atoms. The lowest BCUT2D eigenvalue weighted by molar-refractivity contribution is 0.0935. The summed E-state index contributed by atoms with van der Waals surface area (Å²) < 4.78 is 8.87. The number of rotatable bonds is 7. The van der Waals surface area contributed by atoms with Crippen LogP contribution in [0, 0.1) is 0 Å². The van der Waals surface area contributed by atoms with Gasteiger partial charge in [-0.2, -0.15) is 0 Å². The predicted octanol–water partition coefficient (Wildman–Crippen LogP) is 3.26. The number of nitrogens with one attached hydrogen (secondary N) is 2. The molecule has 1 amide bonds. The molecule has 0 bridgehead atoms. The SMILES string of the molecule is COc1c(C(=O)NCC2CCCCN2)n(C)c2c1c(=O)n(CC(=O)c1ccccc1)c1ccccc21. The van der Waals surface area contributed by atoms with Gasteiger partial charge in [0.2, 0.25) is 0 Å². The minimum atomic E-state index is -0.367. The summed E-state index contributed by atoms with van der Waals surface area (Å²) in [5.74, 6) is -0.248. The minimum absolute atomic E-state index is 0.119. The van der Waals surface area contributed by atoms with Crippen LogP contribution in [0.2, 0.25) is 0 Å². The number of amides is 1.